The first-order valence-electron chi connectivity index (χ1n) is 11.4. The third-order valence-electron chi connectivity index (χ3n) is 5.73. The first-order valence-corrected chi connectivity index (χ1v) is 14.3. The molecule has 200 valence electrons. The van der Waals surface area contributed by atoms with E-state index in [2.05, 4.69) is 27.6 Å². The minimum absolute atomic E-state index is 0.148. The number of carbonyl (C=O) groups is 4. The van der Waals surface area contributed by atoms with Gasteiger partial charge >= 0.3 is 12.0 Å². The van der Waals surface area contributed by atoms with Crippen LogP contribution in [0.3, 0.4) is 0 Å². The predicted molar refractivity (Wildman–Crippen MR) is 142 cm³/mol. The highest BCUT2D eigenvalue weighted by Crippen LogP contribution is 2.41. The number of β-lactam (4-membered cyclic amide) rings is 1. The Hall–Kier alpha value is -3.56. The third-order valence-corrected chi connectivity index (χ3v) is 9.09. The van der Waals surface area contributed by atoms with Gasteiger partial charge in [0.15, 0.2) is 0 Å². The van der Waals surface area contributed by atoms with Crippen molar-refractivity contribution in [1.82, 2.24) is 25.9 Å². The molecular weight excluding hydrogens is 552 g/mol. The third kappa shape index (κ3) is 5.63. The number of carboxylic acids is 1. The molecule has 2 aromatic rings. The number of hydrogen-bond donors (Lipinski definition) is 4. The molecule has 2 aliphatic heterocycles. The lowest BCUT2D eigenvalue weighted by molar-refractivity contribution is -0.707. The quantitative estimate of drug-likeness (QED) is 0.141. The minimum Gasteiger partial charge on any atom is -0.593 e. The van der Waals surface area contributed by atoms with Crippen molar-refractivity contribution in [2.75, 3.05) is 11.5 Å². The SMILES string of the molecule is C=CNC(=O)NC(C(=O)N[C@@H]1C(=O)N2C(C(=O)O)=C(CSc3ccc(CC)n[n+]3[O-])CSC12)c1cccs1. The van der Waals surface area contributed by atoms with Crippen molar-refractivity contribution in [3.63, 3.8) is 0 Å². The lowest BCUT2D eigenvalue weighted by Crippen LogP contribution is -2.71. The number of aliphatic carboxylic acids is 1. The second-order valence-corrected chi connectivity index (χ2v) is 11.2. The Kier molecular flexibility index (Phi) is 8.58. The molecule has 4 amide bonds. The molecule has 4 rings (SSSR count). The van der Waals surface area contributed by atoms with Crippen molar-refractivity contribution >= 4 is 58.7 Å². The van der Waals surface area contributed by atoms with Gasteiger partial charge in [0.25, 0.3) is 10.9 Å². The number of fused-ring (bicyclic) bond motifs is 1. The fraction of sp³-hybridized carbons (Fsp3) is 0.304. The Morgan fingerprint density at radius 1 is 1.39 bits per heavy atom. The number of urea groups is 1. The van der Waals surface area contributed by atoms with E-state index in [1.54, 1.807) is 29.6 Å². The number of thioether (sulfide) groups is 2. The van der Waals surface area contributed by atoms with E-state index in [1.165, 1.54) is 34.2 Å². The number of carbonyl (C=O) groups excluding carboxylic acids is 3. The van der Waals surface area contributed by atoms with E-state index in [4.69, 9.17) is 0 Å². The van der Waals surface area contributed by atoms with Crippen molar-refractivity contribution in [1.29, 1.82) is 0 Å². The molecule has 0 aromatic carbocycles. The van der Waals surface area contributed by atoms with Crippen LogP contribution in [0.15, 0.2) is 58.7 Å². The number of carboxylic acid groups (broad SMARTS) is 1. The van der Waals surface area contributed by atoms with E-state index in [-0.39, 0.29) is 11.4 Å². The number of rotatable bonds is 10. The molecule has 4 heterocycles. The Bertz CT molecular complexity index is 1300. The number of amides is 4. The van der Waals surface area contributed by atoms with Crippen LogP contribution in [0.1, 0.15) is 23.5 Å². The predicted octanol–water partition coefficient (Wildman–Crippen LogP) is 1.35. The molecule has 0 bridgehead atoms. The largest absolute Gasteiger partial charge is 0.593 e. The summed E-state index contributed by atoms with van der Waals surface area (Å²) in [5.41, 5.74) is 0.981. The second-order valence-electron chi connectivity index (χ2n) is 8.10. The Balaban J connectivity index is 1.47. The maximum absolute atomic E-state index is 13.1. The highest BCUT2D eigenvalue weighted by Gasteiger charge is 2.54. The summed E-state index contributed by atoms with van der Waals surface area (Å²) in [7, 11) is 0. The fourth-order valence-corrected chi connectivity index (χ4v) is 7.03. The molecule has 1 saturated heterocycles. The molecule has 2 aliphatic rings. The van der Waals surface area contributed by atoms with E-state index in [1.807, 2.05) is 6.92 Å². The Morgan fingerprint density at radius 2 is 2.18 bits per heavy atom. The van der Waals surface area contributed by atoms with Crippen molar-refractivity contribution in [2.45, 2.75) is 35.8 Å². The van der Waals surface area contributed by atoms with Crippen LogP contribution < -0.4 is 20.8 Å². The summed E-state index contributed by atoms with van der Waals surface area (Å²) >= 11 is 3.72. The first kappa shape index (κ1) is 27.5. The zero-order chi connectivity index (χ0) is 27.4. The lowest BCUT2D eigenvalue weighted by Gasteiger charge is -2.49. The van der Waals surface area contributed by atoms with E-state index in [9.17, 15) is 29.5 Å². The van der Waals surface area contributed by atoms with Gasteiger partial charge in [0.05, 0.1) is 0 Å². The molecular formula is C23H24N6O6S3. The minimum atomic E-state index is -1.27. The van der Waals surface area contributed by atoms with E-state index >= 15 is 0 Å². The van der Waals surface area contributed by atoms with Crippen molar-refractivity contribution in [3.8, 4) is 0 Å². The number of thiophene rings is 1. The van der Waals surface area contributed by atoms with Crippen molar-refractivity contribution in [3.05, 3.63) is 69.5 Å². The molecule has 2 unspecified atom stereocenters. The number of hydrogen-bond acceptors (Lipinski definition) is 9. The molecule has 2 aromatic heterocycles. The molecule has 1 fully saturated rings. The highest BCUT2D eigenvalue weighted by atomic mass is 32.2. The highest BCUT2D eigenvalue weighted by molar-refractivity contribution is 8.01. The molecule has 3 atom stereocenters. The van der Waals surface area contributed by atoms with Crippen LogP contribution in [0.25, 0.3) is 0 Å². The smallest absolute Gasteiger partial charge is 0.352 e. The number of nitrogens with zero attached hydrogens (tertiary/aromatic N) is 3. The lowest BCUT2D eigenvalue weighted by atomic mass is 10.0. The number of aryl methyl sites for hydroxylation is 1. The summed E-state index contributed by atoms with van der Waals surface area (Å²) in [5.74, 6) is -1.96. The Labute approximate surface area is 230 Å². The van der Waals surface area contributed by atoms with Crippen LogP contribution in [0, 0.1) is 5.21 Å². The zero-order valence-electron chi connectivity index (χ0n) is 20.1. The van der Waals surface area contributed by atoms with Gasteiger partial charge in [-0.2, -0.15) is 0 Å². The van der Waals surface area contributed by atoms with Gasteiger partial charge in [-0.15, -0.1) is 23.1 Å². The number of nitrogens with one attached hydrogen (secondary N) is 3. The summed E-state index contributed by atoms with van der Waals surface area (Å²) in [6.45, 7) is 5.30. The van der Waals surface area contributed by atoms with Crippen LogP contribution in [0.2, 0.25) is 0 Å². The summed E-state index contributed by atoms with van der Waals surface area (Å²) in [6, 6.07) is 4.12. The summed E-state index contributed by atoms with van der Waals surface area (Å²) in [6.07, 6.45) is 1.79. The van der Waals surface area contributed by atoms with Crippen LogP contribution in [-0.2, 0) is 20.8 Å². The van der Waals surface area contributed by atoms with Gasteiger partial charge < -0.3 is 26.3 Å². The van der Waals surface area contributed by atoms with E-state index in [0.717, 1.165) is 11.8 Å². The maximum Gasteiger partial charge on any atom is 0.352 e. The van der Waals surface area contributed by atoms with Crippen LogP contribution >= 0.6 is 34.9 Å². The topological polar surface area (TPSA) is 168 Å². The summed E-state index contributed by atoms with van der Waals surface area (Å²) < 4.78 is 0. The van der Waals surface area contributed by atoms with Gasteiger partial charge in [-0.1, -0.05) is 19.6 Å². The second kappa shape index (κ2) is 11.9. The fourth-order valence-electron chi connectivity index (χ4n) is 3.90. The van der Waals surface area contributed by atoms with Gasteiger partial charge in [0.2, 0.25) is 5.91 Å². The molecule has 15 heteroatoms. The van der Waals surface area contributed by atoms with Gasteiger partial charge in [0.1, 0.15) is 28.8 Å². The first-order chi connectivity index (χ1) is 18.2. The molecule has 0 saturated carbocycles. The maximum atomic E-state index is 13.1. The molecule has 4 N–H and O–H groups in total. The van der Waals surface area contributed by atoms with Gasteiger partial charge in [-0.3, -0.25) is 14.5 Å². The monoisotopic (exact) mass is 576 g/mol. The van der Waals surface area contributed by atoms with Gasteiger partial charge in [-0.25, -0.2) is 9.59 Å². The Morgan fingerprint density at radius 3 is 2.82 bits per heavy atom. The van der Waals surface area contributed by atoms with Crippen molar-refractivity contribution < 1.29 is 29.1 Å². The summed E-state index contributed by atoms with van der Waals surface area (Å²) in [5, 5.41) is 35.0. The van der Waals surface area contributed by atoms with Crippen molar-refractivity contribution in [2.24, 2.45) is 0 Å². The zero-order valence-corrected chi connectivity index (χ0v) is 22.5. The van der Waals surface area contributed by atoms with Crippen LogP contribution in [-0.4, -0.2) is 61.8 Å². The summed E-state index contributed by atoms with van der Waals surface area (Å²) in [4.78, 5) is 52.6. The average Bonchev–Trinajstić information content (AvgIpc) is 3.43. The van der Waals surface area contributed by atoms with Crippen LogP contribution in [0.5, 0.6) is 0 Å². The van der Waals surface area contributed by atoms with Gasteiger partial charge in [-0.05, 0) is 52.3 Å². The molecule has 0 aliphatic carbocycles. The molecule has 0 radical (unpaired) electrons. The standard InChI is InChI=1S/C23H24N6O6S3/c1-3-13-7-8-15(29(35)27-13)37-10-12-11-38-21-17(20(31)28(21)18(12)22(32)33)25-19(30)16(14-6-5-9-36-14)26-23(34)24-4-2/h4-9,16-17,21H,2-3,10-11H2,1H3,(H,25,30)(H,32,33)(H2,24,26,34)/t16?,17-,21?/m1/s1. The van der Waals surface area contributed by atoms with E-state index < -0.39 is 41.3 Å². The molecule has 0 spiro atoms. The number of aromatic nitrogens is 2. The van der Waals surface area contributed by atoms with Crippen LogP contribution in [0.4, 0.5) is 4.79 Å². The van der Waals surface area contributed by atoms with E-state index in [0.29, 0.717) is 38.2 Å². The van der Waals surface area contributed by atoms with Gasteiger partial charge in [0, 0.05) is 27.5 Å². The average molecular weight is 577 g/mol. The normalized spacial score (nSPS) is 19.2. The molecule has 12 nitrogen and oxygen atoms in total. The molecule has 38 heavy (non-hydrogen) atoms.